The van der Waals surface area contributed by atoms with Crippen molar-refractivity contribution in [1.29, 1.82) is 0 Å². The average Bonchev–Trinajstić information content (AvgIpc) is 3.24. The van der Waals surface area contributed by atoms with Crippen LogP contribution in [0.1, 0.15) is 5.56 Å². The van der Waals surface area contributed by atoms with Gasteiger partial charge >= 0.3 is 0 Å². The van der Waals surface area contributed by atoms with Gasteiger partial charge in [-0.2, -0.15) is 0 Å². The van der Waals surface area contributed by atoms with Crippen LogP contribution in [-0.2, 0) is 0 Å². The van der Waals surface area contributed by atoms with Crippen molar-refractivity contribution in [2.24, 2.45) is 0 Å². The van der Waals surface area contributed by atoms with Crippen LogP contribution in [0.5, 0.6) is 0 Å². The number of benzene rings is 2. The first-order valence-electron chi connectivity index (χ1n) is 8.91. The molecule has 0 atom stereocenters. The van der Waals surface area contributed by atoms with E-state index in [-0.39, 0.29) is 17.3 Å². The molecule has 0 fully saturated rings. The molecule has 4 rings (SSSR count). The Morgan fingerprint density at radius 1 is 0.931 bits per heavy atom. The summed E-state index contributed by atoms with van der Waals surface area (Å²) in [6.07, 6.45) is 3.19. The predicted octanol–water partition coefficient (Wildman–Crippen LogP) is 4.53. The fourth-order valence-corrected chi connectivity index (χ4v) is 2.77. The van der Waals surface area contributed by atoms with E-state index in [0.717, 1.165) is 16.8 Å². The third-order valence-corrected chi connectivity index (χ3v) is 4.44. The van der Waals surface area contributed by atoms with E-state index in [1.54, 1.807) is 24.4 Å². The van der Waals surface area contributed by atoms with E-state index in [0.29, 0.717) is 11.4 Å². The lowest BCUT2D eigenvalue weighted by atomic mass is 10.1. The van der Waals surface area contributed by atoms with Crippen molar-refractivity contribution in [2.45, 2.75) is 0 Å². The largest absolute Gasteiger partial charge is 0.414 e. The monoisotopic (exact) mass is 387 g/mol. The normalized spacial score (nSPS) is 10.7. The summed E-state index contributed by atoms with van der Waals surface area (Å²) in [5.74, 6) is -0.158. The van der Waals surface area contributed by atoms with Gasteiger partial charge in [-0.25, -0.2) is 9.37 Å². The molecule has 2 aromatic heterocycles. The summed E-state index contributed by atoms with van der Waals surface area (Å²) in [6.45, 7) is 4.06. The van der Waals surface area contributed by atoms with Crippen LogP contribution in [0.15, 0.2) is 71.9 Å². The molecule has 0 saturated carbocycles. The Balaban J connectivity index is 1.63. The van der Waals surface area contributed by atoms with Crippen LogP contribution in [-0.4, -0.2) is 39.2 Å². The summed E-state index contributed by atoms with van der Waals surface area (Å²) >= 11 is 0. The zero-order chi connectivity index (χ0) is 20.4. The van der Waals surface area contributed by atoms with Gasteiger partial charge in [0.2, 0.25) is 0 Å². The van der Waals surface area contributed by atoms with Crippen molar-refractivity contribution in [1.82, 2.24) is 25.1 Å². The van der Waals surface area contributed by atoms with Crippen molar-refractivity contribution in [2.75, 3.05) is 14.1 Å². The number of halogens is 1. The Labute approximate surface area is 167 Å². The molecule has 4 aromatic rings. The standard InChI is InChI=1S/C22H18FN5O/c1-14(28(2)3)15-8-10-16(11-9-15)19-12-24-13-20(25-19)22-27-26-21(29-22)17-6-4-5-7-18(17)23/h4-13H,1H2,2-3H3. The first-order chi connectivity index (χ1) is 14.0. The van der Waals surface area contributed by atoms with E-state index in [1.165, 1.54) is 12.3 Å². The summed E-state index contributed by atoms with van der Waals surface area (Å²) in [5, 5.41) is 7.93. The van der Waals surface area contributed by atoms with Crippen LogP contribution in [0.25, 0.3) is 40.0 Å². The molecular formula is C22H18FN5O. The minimum absolute atomic E-state index is 0.0943. The van der Waals surface area contributed by atoms with E-state index in [2.05, 4.69) is 26.7 Å². The fraction of sp³-hybridized carbons (Fsp3) is 0.0909. The SMILES string of the molecule is C=C(c1ccc(-c2cncc(-c3nnc(-c4ccccc4F)o3)n2)cc1)N(C)C. The lowest BCUT2D eigenvalue weighted by molar-refractivity contribution is 0.568. The molecule has 0 N–H and O–H groups in total. The highest BCUT2D eigenvalue weighted by atomic mass is 19.1. The molecule has 7 heteroatoms. The second-order valence-electron chi connectivity index (χ2n) is 6.60. The van der Waals surface area contributed by atoms with Crippen molar-refractivity contribution in [3.8, 4) is 34.3 Å². The van der Waals surface area contributed by atoms with Gasteiger partial charge in [-0.3, -0.25) is 4.98 Å². The van der Waals surface area contributed by atoms with Crippen LogP contribution >= 0.6 is 0 Å². The molecule has 2 aromatic carbocycles. The second kappa shape index (κ2) is 7.63. The smallest absolute Gasteiger partial charge is 0.268 e. The first kappa shape index (κ1) is 18.5. The third-order valence-electron chi connectivity index (χ3n) is 4.44. The third kappa shape index (κ3) is 3.75. The maximum Gasteiger partial charge on any atom is 0.268 e. The highest BCUT2D eigenvalue weighted by Crippen LogP contribution is 2.26. The van der Waals surface area contributed by atoms with Gasteiger partial charge in [0.1, 0.15) is 11.5 Å². The number of nitrogens with zero attached hydrogens (tertiary/aromatic N) is 5. The zero-order valence-electron chi connectivity index (χ0n) is 16.0. The van der Waals surface area contributed by atoms with Crippen molar-refractivity contribution < 1.29 is 8.81 Å². The topological polar surface area (TPSA) is 67.9 Å². The zero-order valence-corrected chi connectivity index (χ0v) is 16.0. The van der Waals surface area contributed by atoms with E-state index in [4.69, 9.17) is 4.42 Å². The Bertz CT molecular complexity index is 1170. The summed E-state index contributed by atoms with van der Waals surface area (Å²) in [5.41, 5.74) is 4.15. The molecule has 0 radical (unpaired) electrons. The van der Waals surface area contributed by atoms with E-state index in [1.807, 2.05) is 43.3 Å². The van der Waals surface area contributed by atoms with E-state index >= 15 is 0 Å². The average molecular weight is 387 g/mol. The van der Waals surface area contributed by atoms with Crippen LogP contribution in [0.2, 0.25) is 0 Å². The molecule has 0 aliphatic rings. The summed E-state index contributed by atoms with van der Waals surface area (Å²) in [7, 11) is 3.90. The molecule has 0 unspecified atom stereocenters. The maximum absolute atomic E-state index is 13.9. The highest BCUT2D eigenvalue weighted by Gasteiger charge is 2.15. The summed E-state index contributed by atoms with van der Waals surface area (Å²) < 4.78 is 19.6. The lowest BCUT2D eigenvalue weighted by Crippen LogP contribution is -2.08. The number of hydrogen-bond acceptors (Lipinski definition) is 6. The quantitative estimate of drug-likeness (QED) is 0.501. The Morgan fingerprint density at radius 2 is 1.62 bits per heavy atom. The van der Waals surface area contributed by atoms with Gasteiger partial charge < -0.3 is 9.32 Å². The molecule has 0 aliphatic carbocycles. The van der Waals surface area contributed by atoms with Gasteiger partial charge in [-0.05, 0) is 17.7 Å². The highest BCUT2D eigenvalue weighted by molar-refractivity contribution is 5.67. The molecule has 0 saturated heterocycles. The summed E-state index contributed by atoms with van der Waals surface area (Å²) in [4.78, 5) is 10.8. The number of aromatic nitrogens is 4. The van der Waals surface area contributed by atoms with Crippen LogP contribution < -0.4 is 0 Å². The molecule has 0 aliphatic heterocycles. The van der Waals surface area contributed by atoms with Gasteiger partial charge in [0.25, 0.3) is 11.8 Å². The van der Waals surface area contributed by atoms with Gasteiger partial charge in [-0.1, -0.05) is 43.0 Å². The van der Waals surface area contributed by atoms with Crippen LogP contribution in [0, 0.1) is 5.82 Å². The van der Waals surface area contributed by atoms with Crippen LogP contribution in [0.4, 0.5) is 4.39 Å². The second-order valence-corrected chi connectivity index (χ2v) is 6.60. The fourth-order valence-electron chi connectivity index (χ4n) is 2.77. The Morgan fingerprint density at radius 3 is 2.34 bits per heavy atom. The van der Waals surface area contributed by atoms with E-state index in [9.17, 15) is 4.39 Å². The van der Waals surface area contributed by atoms with Gasteiger partial charge in [0.05, 0.1) is 23.7 Å². The first-order valence-corrected chi connectivity index (χ1v) is 8.91. The van der Waals surface area contributed by atoms with Gasteiger partial charge in [0, 0.05) is 25.4 Å². The number of rotatable bonds is 5. The predicted molar refractivity (Wildman–Crippen MR) is 109 cm³/mol. The molecule has 144 valence electrons. The van der Waals surface area contributed by atoms with Crippen molar-refractivity contribution in [3.05, 3.63) is 78.9 Å². The molecule has 6 nitrogen and oxygen atoms in total. The minimum atomic E-state index is -0.429. The lowest BCUT2D eigenvalue weighted by Gasteiger charge is -2.15. The number of hydrogen-bond donors (Lipinski definition) is 0. The Hall–Kier alpha value is -3.87. The minimum Gasteiger partial charge on any atom is -0.414 e. The van der Waals surface area contributed by atoms with Gasteiger partial charge in [0.15, 0.2) is 0 Å². The molecular weight excluding hydrogens is 369 g/mol. The van der Waals surface area contributed by atoms with E-state index < -0.39 is 5.82 Å². The molecule has 2 heterocycles. The van der Waals surface area contributed by atoms with Crippen molar-refractivity contribution >= 4 is 5.70 Å². The molecule has 0 amide bonds. The molecule has 0 spiro atoms. The maximum atomic E-state index is 13.9. The van der Waals surface area contributed by atoms with Gasteiger partial charge in [-0.15, -0.1) is 10.2 Å². The van der Waals surface area contributed by atoms with Crippen molar-refractivity contribution in [3.63, 3.8) is 0 Å². The Kier molecular flexibility index (Phi) is 4.87. The molecule has 29 heavy (non-hydrogen) atoms. The molecule has 0 bridgehead atoms. The van der Waals surface area contributed by atoms with Crippen LogP contribution in [0.3, 0.4) is 0 Å². The summed E-state index contributed by atoms with van der Waals surface area (Å²) in [6, 6.07) is 14.1.